The van der Waals surface area contributed by atoms with Crippen molar-refractivity contribution in [2.75, 3.05) is 20.2 Å². The van der Waals surface area contributed by atoms with E-state index in [4.69, 9.17) is 15.3 Å². The van der Waals surface area contributed by atoms with Gasteiger partial charge in [-0.2, -0.15) is 10.5 Å². The van der Waals surface area contributed by atoms with Crippen LogP contribution in [0.2, 0.25) is 0 Å². The lowest BCUT2D eigenvalue weighted by atomic mass is 10.2. The molecule has 2 heterocycles. The van der Waals surface area contributed by atoms with Gasteiger partial charge in [0.2, 0.25) is 5.91 Å². The van der Waals surface area contributed by atoms with Crippen molar-refractivity contribution in [3.63, 3.8) is 0 Å². The highest BCUT2D eigenvalue weighted by molar-refractivity contribution is 7.22. The zero-order valence-electron chi connectivity index (χ0n) is 16.4. The molecule has 0 N–H and O–H groups in total. The molecule has 8 nitrogen and oxygen atoms in total. The summed E-state index contributed by atoms with van der Waals surface area (Å²) >= 11 is 1.32. The predicted molar refractivity (Wildman–Crippen MR) is 113 cm³/mol. The maximum absolute atomic E-state index is 12.9. The molecule has 3 rings (SSSR count). The van der Waals surface area contributed by atoms with Crippen molar-refractivity contribution in [1.82, 2.24) is 14.5 Å². The monoisotopic (exact) mass is 421 g/mol. The summed E-state index contributed by atoms with van der Waals surface area (Å²) < 4.78 is 6.91. The molecular formula is C21H19N5O3S. The van der Waals surface area contributed by atoms with E-state index in [0.717, 1.165) is 16.2 Å². The van der Waals surface area contributed by atoms with Crippen LogP contribution in [0.25, 0.3) is 20.7 Å². The van der Waals surface area contributed by atoms with Gasteiger partial charge in [0.25, 0.3) is 5.56 Å². The Hall–Kier alpha value is -3.69. The predicted octanol–water partition coefficient (Wildman–Crippen LogP) is 2.79. The molecular weight excluding hydrogens is 402 g/mol. The molecule has 9 heteroatoms. The molecule has 0 unspecified atom stereocenters. The number of benzene rings is 1. The van der Waals surface area contributed by atoms with E-state index >= 15 is 0 Å². The highest BCUT2D eigenvalue weighted by atomic mass is 32.1. The van der Waals surface area contributed by atoms with Crippen LogP contribution in [0.3, 0.4) is 0 Å². The number of rotatable bonds is 8. The van der Waals surface area contributed by atoms with Gasteiger partial charge in [-0.3, -0.25) is 14.2 Å². The van der Waals surface area contributed by atoms with Crippen LogP contribution in [0.15, 0.2) is 41.5 Å². The van der Waals surface area contributed by atoms with Crippen LogP contribution in [-0.2, 0) is 11.3 Å². The van der Waals surface area contributed by atoms with E-state index in [1.54, 1.807) is 7.11 Å². The molecule has 3 aromatic rings. The lowest BCUT2D eigenvalue weighted by molar-refractivity contribution is -0.131. The SMILES string of the molecule is COc1ccc(-c2cc3ncn(CC(=O)N(CCC#N)CCC#N)c(=O)c3s2)cc1. The molecule has 0 aliphatic heterocycles. The van der Waals surface area contributed by atoms with Crippen LogP contribution in [0.5, 0.6) is 5.75 Å². The standard InChI is InChI=1S/C21H19N5O3S/c1-29-16-6-4-15(5-7-16)18-12-17-20(30-18)21(28)26(14-24-17)13-19(27)25(10-2-8-22)11-3-9-23/h4-7,12,14H,2-3,10-11,13H2,1H3. The van der Waals surface area contributed by atoms with E-state index < -0.39 is 0 Å². The van der Waals surface area contributed by atoms with Crippen molar-refractivity contribution in [2.24, 2.45) is 0 Å². The number of aromatic nitrogens is 2. The smallest absolute Gasteiger partial charge is 0.271 e. The van der Waals surface area contributed by atoms with Gasteiger partial charge >= 0.3 is 0 Å². The molecule has 0 aliphatic carbocycles. The van der Waals surface area contributed by atoms with Gasteiger partial charge in [0.05, 0.1) is 43.9 Å². The molecule has 0 saturated heterocycles. The number of hydrogen-bond acceptors (Lipinski definition) is 7. The topological polar surface area (TPSA) is 112 Å². The summed E-state index contributed by atoms with van der Waals surface area (Å²) in [7, 11) is 1.60. The molecule has 1 amide bonds. The fourth-order valence-electron chi connectivity index (χ4n) is 2.93. The number of fused-ring (bicyclic) bond motifs is 1. The van der Waals surface area contributed by atoms with E-state index in [1.165, 1.54) is 27.1 Å². The van der Waals surface area contributed by atoms with Gasteiger partial charge in [-0.05, 0) is 35.9 Å². The Labute approximate surface area is 177 Å². The number of amides is 1. The summed E-state index contributed by atoms with van der Waals surface area (Å²) in [5.74, 6) is 0.423. The van der Waals surface area contributed by atoms with Gasteiger partial charge in [-0.1, -0.05) is 0 Å². The van der Waals surface area contributed by atoms with Gasteiger partial charge in [0, 0.05) is 18.0 Å². The molecule has 0 bridgehead atoms. The van der Waals surface area contributed by atoms with Crippen molar-refractivity contribution in [3.05, 3.63) is 47.0 Å². The molecule has 152 valence electrons. The average Bonchev–Trinajstić information content (AvgIpc) is 3.21. The summed E-state index contributed by atoms with van der Waals surface area (Å²) in [6.45, 7) is 0.262. The molecule has 0 spiro atoms. The zero-order valence-corrected chi connectivity index (χ0v) is 17.2. The van der Waals surface area contributed by atoms with Crippen molar-refractivity contribution in [2.45, 2.75) is 19.4 Å². The summed E-state index contributed by atoms with van der Waals surface area (Å²) in [6.07, 6.45) is 1.69. The lowest BCUT2D eigenvalue weighted by Crippen LogP contribution is -2.37. The zero-order chi connectivity index (χ0) is 21.5. The first-order valence-electron chi connectivity index (χ1n) is 9.22. The Bertz CT molecular complexity index is 1170. The second kappa shape index (κ2) is 9.68. The van der Waals surface area contributed by atoms with Gasteiger partial charge in [0.15, 0.2) is 0 Å². The average molecular weight is 421 g/mol. The molecule has 30 heavy (non-hydrogen) atoms. The van der Waals surface area contributed by atoms with Crippen LogP contribution >= 0.6 is 11.3 Å². The molecule has 1 aromatic carbocycles. The first-order valence-corrected chi connectivity index (χ1v) is 10.0. The number of nitrogens with zero attached hydrogens (tertiary/aromatic N) is 5. The number of nitriles is 2. The molecule has 0 aliphatic rings. The van der Waals surface area contributed by atoms with E-state index in [-0.39, 0.29) is 43.9 Å². The van der Waals surface area contributed by atoms with Crippen LogP contribution in [0, 0.1) is 22.7 Å². The quantitative estimate of drug-likeness (QED) is 0.553. The van der Waals surface area contributed by atoms with Crippen LogP contribution in [-0.4, -0.2) is 40.6 Å². The number of hydrogen-bond donors (Lipinski definition) is 0. The minimum atomic E-state index is -0.323. The van der Waals surface area contributed by atoms with Crippen molar-refractivity contribution in [3.8, 4) is 28.3 Å². The number of thiophene rings is 1. The van der Waals surface area contributed by atoms with E-state index in [9.17, 15) is 9.59 Å². The maximum atomic E-state index is 12.9. The van der Waals surface area contributed by atoms with Gasteiger partial charge in [0.1, 0.15) is 17.0 Å². The molecule has 0 saturated carbocycles. The highest BCUT2D eigenvalue weighted by Gasteiger charge is 2.16. The number of carbonyl (C=O) groups is 1. The Kier molecular flexibility index (Phi) is 6.79. The van der Waals surface area contributed by atoms with Gasteiger partial charge < -0.3 is 9.64 Å². The fraction of sp³-hybridized carbons (Fsp3) is 0.286. The van der Waals surface area contributed by atoms with E-state index in [0.29, 0.717) is 10.2 Å². The molecule has 0 atom stereocenters. The van der Waals surface area contributed by atoms with Crippen LogP contribution in [0.1, 0.15) is 12.8 Å². The summed E-state index contributed by atoms with van der Waals surface area (Å²) in [6, 6.07) is 13.3. The number of carbonyl (C=O) groups excluding carboxylic acids is 1. The maximum Gasteiger partial charge on any atom is 0.271 e. The summed E-state index contributed by atoms with van der Waals surface area (Å²) in [4.78, 5) is 32.2. The minimum Gasteiger partial charge on any atom is -0.497 e. The second-order valence-electron chi connectivity index (χ2n) is 6.43. The molecule has 0 fully saturated rings. The highest BCUT2D eigenvalue weighted by Crippen LogP contribution is 2.31. The van der Waals surface area contributed by atoms with E-state index in [2.05, 4.69) is 4.98 Å². The first kappa shape index (κ1) is 21.0. The van der Waals surface area contributed by atoms with Crippen LogP contribution in [0.4, 0.5) is 0 Å². The molecule has 2 aromatic heterocycles. The van der Waals surface area contributed by atoms with E-state index in [1.807, 2.05) is 42.5 Å². The third-order valence-corrected chi connectivity index (χ3v) is 5.69. The largest absolute Gasteiger partial charge is 0.497 e. The Morgan fingerprint density at radius 1 is 1.20 bits per heavy atom. The Balaban J connectivity index is 1.85. The fourth-order valence-corrected chi connectivity index (χ4v) is 4.00. The van der Waals surface area contributed by atoms with Crippen molar-refractivity contribution >= 4 is 27.5 Å². The minimum absolute atomic E-state index is 0.166. The molecule has 0 radical (unpaired) electrons. The lowest BCUT2D eigenvalue weighted by Gasteiger charge is -2.20. The third-order valence-electron chi connectivity index (χ3n) is 4.52. The number of ether oxygens (including phenoxy) is 1. The second-order valence-corrected chi connectivity index (χ2v) is 7.48. The van der Waals surface area contributed by atoms with Crippen molar-refractivity contribution < 1.29 is 9.53 Å². The normalized spacial score (nSPS) is 10.4. The summed E-state index contributed by atoms with van der Waals surface area (Å²) in [5.41, 5.74) is 1.23. The number of methoxy groups -OCH3 is 1. The summed E-state index contributed by atoms with van der Waals surface area (Å²) in [5, 5.41) is 17.6. The first-order chi connectivity index (χ1) is 14.6. The van der Waals surface area contributed by atoms with Crippen molar-refractivity contribution in [1.29, 1.82) is 10.5 Å². The van der Waals surface area contributed by atoms with Gasteiger partial charge in [-0.25, -0.2) is 4.98 Å². The van der Waals surface area contributed by atoms with Crippen LogP contribution < -0.4 is 10.3 Å². The third kappa shape index (κ3) is 4.65. The Morgan fingerprint density at radius 3 is 2.47 bits per heavy atom. The van der Waals surface area contributed by atoms with Gasteiger partial charge in [-0.15, -0.1) is 11.3 Å². The Morgan fingerprint density at radius 2 is 1.87 bits per heavy atom.